The molecule has 0 spiro atoms. The first kappa shape index (κ1) is 22.7. The van der Waals surface area contributed by atoms with Crippen LogP contribution in [0.5, 0.6) is 0 Å². The summed E-state index contributed by atoms with van der Waals surface area (Å²) in [7, 11) is 0. The molecule has 0 atom stereocenters. The van der Waals surface area contributed by atoms with Crippen LogP contribution in [0.25, 0.3) is 0 Å². The van der Waals surface area contributed by atoms with Gasteiger partial charge < -0.3 is 9.47 Å². The average Bonchev–Trinajstić information content (AvgIpc) is 3.30. The van der Waals surface area contributed by atoms with E-state index in [9.17, 15) is 0 Å². The van der Waals surface area contributed by atoms with Crippen molar-refractivity contribution in [3.05, 3.63) is 108 Å². The number of anilines is 1. The van der Waals surface area contributed by atoms with E-state index in [1.54, 1.807) is 11.8 Å². The fourth-order valence-electron chi connectivity index (χ4n) is 3.70. The van der Waals surface area contributed by atoms with Crippen LogP contribution in [0.2, 0.25) is 0 Å². The predicted molar refractivity (Wildman–Crippen MR) is 135 cm³/mol. The van der Waals surface area contributed by atoms with Crippen molar-refractivity contribution < 1.29 is 0 Å². The topological polar surface area (TPSA) is 44.9 Å². The molecule has 0 aliphatic heterocycles. The zero-order valence-electron chi connectivity index (χ0n) is 18.9. The summed E-state index contributed by atoms with van der Waals surface area (Å²) < 4.78 is 2.19. The molecule has 0 aliphatic rings. The smallest absolute Gasteiger partial charge is 0.0991 e. The third kappa shape index (κ3) is 6.27. The molecule has 0 saturated carbocycles. The summed E-state index contributed by atoms with van der Waals surface area (Å²) in [6, 6.07) is 29.3. The maximum absolute atomic E-state index is 9.03. The normalized spacial score (nSPS) is 10.7. The van der Waals surface area contributed by atoms with E-state index >= 15 is 0 Å². The lowest BCUT2D eigenvalue weighted by molar-refractivity contribution is 0.671. The van der Waals surface area contributed by atoms with Crippen molar-refractivity contribution in [2.24, 2.45) is 0 Å². The van der Waals surface area contributed by atoms with Crippen LogP contribution >= 0.6 is 11.8 Å². The highest BCUT2D eigenvalue weighted by molar-refractivity contribution is 7.99. The van der Waals surface area contributed by atoms with Crippen molar-refractivity contribution in [2.75, 3.05) is 11.4 Å². The number of nitriles is 1. The first-order valence-electron chi connectivity index (χ1n) is 11.3. The van der Waals surface area contributed by atoms with Crippen LogP contribution in [0.4, 0.5) is 5.69 Å². The monoisotopic (exact) mass is 452 g/mol. The minimum Gasteiger partial charge on any atom is -0.366 e. The summed E-state index contributed by atoms with van der Waals surface area (Å²) in [6.07, 6.45) is 6.15. The molecule has 0 unspecified atom stereocenters. The van der Waals surface area contributed by atoms with Gasteiger partial charge >= 0.3 is 0 Å². The Balaban J connectivity index is 1.48. The third-order valence-electron chi connectivity index (χ3n) is 5.55. The Hall–Kier alpha value is -3.49. The van der Waals surface area contributed by atoms with Crippen molar-refractivity contribution in [3.8, 4) is 6.07 Å². The second kappa shape index (κ2) is 11.4. The number of benzene rings is 3. The van der Waals surface area contributed by atoms with E-state index < -0.39 is 0 Å². The fraction of sp³-hybridized carbons (Fsp3) is 0.214. The van der Waals surface area contributed by atoms with Crippen LogP contribution in [0.15, 0.2) is 101 Å². The number of aromatic nitrogens is 2. The summed E-state index contributed by atoms with van der Waals surface area (Å²) >= 11 is 1.78. The van der Waals surface area contributed by atoms with Crippen molar-refractivity contribution in [1.29, 1.82) is 5.26 Å². The van der Waals surface area contributed by atoms with Crippen LogP contribution < -0.4 is 4.90 Å². The molecule has 0 amide bonds. The Bertz CT molecular complexity index is 1180. The number of imidazole rings is 1. The van der Waals surface area contributed by atoms with Gasteiger partial charge in [-0.1, -0.05) is 55.4 Å². The molecule has 3 aromatic carbocycles. The van der Waals surface area contributed by atoms with Crippen LogP contribution in [0.1, 0.15) is 36.6 Å². The molecule has 4 rings (SSSR count). The minimum atomic E-state index is 0.684. The van der Waals surface area contributed by atoms with E-state index in [-0.39, 0.29) is 0 Å². The number of rotatable bonds is 10. The molecule has 0 saturated heterocycles. The zero-order valence-corrected chi connectivity index (χ0v) is 19.7. The molecule has 5 heteroatoms. The second-order valence-electron chi connectivity index (χ2n) is 8.01. The molecule has 0 aliphatic carbocycles. The molecule has 4 aromatic rings. The molecular formula is C28H28N4S. The molecule has 1 heterocycles. The number of hydrogen-bond donors (Lipinski definition) is 0. The summed E-state index contributed by atoms with van der Waals surface area (Å²) in [5, 5.41) is 9.03. The second-order valence-corrected chi connectivity index (χ2v) is 9.15. The highest BCUT2D eigenvalue weighted by Crippen LogP contribution is 2.29. The highest BCUT2D eigenvalue weighted by atomic mass is 32.2. The van der Waals surface area contributed by atoms with E-state index in [0.717, 1.165) is 38.0 Å². The van der Waals surface area contributed by atoms with Gasteiger partial charge in [-0.15, -0.1) is 0 Å². The lowest BCUT2D eigenvalue weighted by atomic mass is 10.1. The van der Waals surface area contributed by atoms with Gasteiger partial charge in [0.25, 0.3) is 0 Å². The van der Waals surface area contributed by atoms with E-state index in [1.807, 2.05) is 42.9 Å². The quantitative estimate of drug-likeness (QED) is 0.267. The van der Waals surface area contributed by atoms with Crippen molar-refractivity contribution >= 4 is 17.4 Å². The Morgan fingerprint density at radius 1 is 0.939 bits per heavy atom. The van der Waals surface area contributed by atoms with Gasteiger partial charge in [-0.3, -0.25) is 0 Å². The molecule has 1 aromatic heterocycles. The fourth-order valence-corrected chi connectivity index (χ4v) is 4.53. The summed E-state index contributed by atoms with van der Waals surface area (Å²) in [5.41, 5.74) is 4.25. The van der Waals surface area contributed by atoms with E-state index in [2.05, 4.69) is 76.0 Å². The molecule has 4 nitrogen and oxygen atoms in total. The van der Waals surface area contributed by atoms with Gasteiger partial charge in [-0.2, -0.15) is 5.26 Å². The van der Waals surface area contributed by atoms with Crippen LogP contribution in [-0.4, -0.2) is 16.1 Å². The van der Waals surface area contributed by atoms with Gasteiger partial charge in [0.2, 0.25) is 0 Å². The largest absolute Gasteiger partial charge is 0.366 e. The molecule has 33 heavy (non-hydrogen) atoms. The van der Waals surface area contributed by atoms with E-state index in [0.29, 0.717) is 5.56 Å². The van der Waals surface area contributed by atoms with Gasteiger partial charge in [0.1, 0.15) is 0 Å². The lowest BCUT2D eigenvalue weighted by Gasteiger charge is -2.25. The first-order valence-corrected chi connectivity index (χ1v) is 12.1. The molecule has 0 N–H and O–H groups in total. The van der Waals surface area contributed by atoms with E-state index in [4.69, 9.17) is 5.26 Å². The van der Waals surface area contributed by atoms with Gasteiger partial charge in [-0.25, -0.2) is 4.98 Å². The Morgan fingerprint density at radius 3 is 2.36 bits per heavy atom. The first-order chi connectivity index (χ1) is 16.2. The van der Waals surface area contributed by atoms with Crippen molar-refractivity contribution in [1.82, 2.24) is 9.55 Å². The Kier molecular flexibility index (Phi) is 7.84. The van der Waals surface area contributed by atoms with Crippen LogP contribution in [0, 0.1) is 11.3 Å². The number of unbranched alkanes of at least 4 members (excludes halogenated alkanes) is 1. The van der Waals surface area contributed by atoms with Gasteiger partial charge in [0.05, 0.1) is 30.2 Å². The summed E-state index contributed by atoms with van der Waals surface area (Å²) in [5.74, 6) is 0. The Labute approximate surface area is 200 Å². The third-order valence-corrected chi connectivity index (χ3v) is 6.57. The van der Waals surface area contributed by atoms with Gasteiger partial charge in [-0.05, 0) is 60.5 Å². The van der Waals surface area contributed by atoms with Gasteiger partial charge in [0, 0.05) is 34.8 Å². The number of hydrogen-bond acceptors (Lipinski definition) is 4. The van der Waals surface area contributed by atoms with Crippen molar-refractivity contribution in [2.45, 2.75) is 42.6 Å². The number of nitrogens with zero attached hydrogens (tertiary/aromatic N) is 4. The lowest BCUT2D eigenvalue weighted by Crippen LogP contribution is -2.25. The average molecular weight is 453 g/mol. The molecule has 166 valence electrons. The predicted octanol–water partition coefficient (Wildman–Crippen LogP) is 6.76. The zero-order chi connectivity index (χ0) is 22.9. The maximum Gasteiger partial charge on any atom is 0.0991 e. The van der Waals surface area contributed by atoms with E-state index in [1.165, 1.54) is 21.2 Å². The molecule has 0 fully saturated rings. The molecule has 0 bridgehead atoms. The Morgan fingerprint density at radius 2 is 1.67 bits per heavy atom. The van der Waals surface area contributed by atoms with Crippen LogP contribution in [0.3, 0.4) is 0 Å². The highest BCUT2D eigenvalue weighted by Gasteiger charge is 2.11. The maximum atomic E-state index is 9.03. The standard InChI is InChI=1S/C28H28N4S/c1-2-3-17-31(25-13-15-28(16-14-25)33-27-7-5-4-6-8-27)21-26-19-30-22-32(26)20-24-11-9-23(18-29)10-12-24/h4-16,19,22H,2-3,17,20-21H2,1H3. The molecular weight excluding hydrogens is 424 g/mol. The van der Waals surface area contributed by atoms with Gasteiger partial charge in [0.15, 0.2) is 0 Å². The summed E-state index contributed by atoms with van der Waals surface area (Å²) in [6.45, 7) is 4.79. The SMILES string of the molecule is CCCCN(Cc1cncn1Cc1ccc(C#N)cc1)c1ccc(Sc2ccccc2)cc1. The molecule has 0 radical (unpaired) electrons. The minimum absolute atomic E-state index is 0.684. The van der Waals surface area contributed by atoms with Crippen LogP contribution in [-0.2, 0) is 13.1 Å². The summed E-state index contributed by atoms with van der Waals surface area (Å²) in [4.78, 5) is 9.35. The van der Waals surface area contributed by atoms with Crippen molar-refractivity contribution in [3.63, 3.8) is 0 Å².